The molecule has 5 heteroatoms. The van der Waals surface area contributed by atoms with E-state index in [1.165, 1.54) is 4.68 Å². The first-order valence-corrected chi connectivity index (χ1v) is 6.95. The molecule has 0 unspecified atom stereocenters. The van der Waals surface area contributed by atoms with Crippen molar-refractivity contribution in [1.82, 2.24) is 9.78 Å². The van der Waals surface area contributed by atoms with Crippen LogP contribution in [0.1, 0.15) is 11.1 Å². The quantitative estimate of drug-likeness (QED) is 0.724. The number of benzene rings is 2. The minimum Gasteiger partial charge on any atom is -0.306 e. The van der Waals surface area contributed by atoms with E-state index in [1.54, 1.807) is 18.3 Å². The number of hydrogen-bond acceptors (Lipinski definition) is 2. The number of nitrogens with one attached hydrogen (secondary N) is 1. The van der Waals surface area contributed by atoms with Crippen molar-refractivity contribution >= 4 is 34.2 Å². The molecule has 0 radical (unpaired) electrons. The van der Waals surface area contributed by atoms with Gasteiger partial charge in [0.25, 0.3) is 0 Å². The van der Waals surface area contributed by atoms with Gasteiger partial charge in [-0.15, -0.1) is 0 Å². The summed E-state index contributed by atoms with van der Waals surface area (Å²) in [5.41, 5.74) is 3.39. The van der Waals surface area contributed by atoms with E-state index >= 15 is 0 Å². The summed E-state index contributed by atoms with van der Waals surface area (Å²) < 4.78 is 1.36. The van der Waals surface area contributed by atoms with Gasteiger partial charge in [-0.2, -0.15) is 9.78 Å². The van der Waals surface area contributed by atoms with E-state index in [2.05, 4.69) is 10.4 Å². The molecule has 1 N–H and O–H groups in total. The number of aryl methyl sites for hydroxylation is 1. The summed E-state index contributed by atoms with van der Waals surface area (Å²) >= 11 is 6.06. The number of anilines is 1. The number of fused-ring (bicyclic) bond motifs is 1. The summed E-state index contributed by atoms with van der Waals surface area (Å²) in [7, 11) is 0. The Morgan fingerprint density at radius 3 is 2.76 bits per heavy atom. The highest BCUT2D eigenvalue weighted by Crippen LogP contribution is 2.24. The maximum atomic E-state index is 12.4. The van der Waals surface area contributed by atoms with Crippen molar-refractivity contribution in [3.63, 3.8) is 0 Å². The highest BCUT2D eigenvalue weighted by Gasteiger charge is 2.13. The van der Waals surface area contributed by atoms with Crippen LogP contribution in [0.25, 0.3) is 10.9 Å². The number of amides is 1. The van der Waals surface area contributed by atoms with Gasteiger partial charge >= 0.3 is 6.03 Å². The summed E-state index contributed by atoms with van der Waals surface area (Å²) in [5.74, 6) is 0. The molecular formula is C16H14ClN3O. The number of carbonyl (C=O) groups excluding carboxylic acids is 1. The van der Waals surface area contributed by atoms with Gasteiger partial charge in [-0.25, -0.2) is 4.79 Å². The monoisotopic (exact) mass is 299 g/mol. The van der Waals surface area contributed by atoms with Gasteiger partial charge in [0.05, 0.1) is 11.7 Å². The lowest BCUT2D eigenvalue weighted by Gasteiger charge is -2.09. The Morgan fingerprint density at radius 2 is 1.95 bits per heavy atom. The molecule has 2 aromatic carbocycles. The normalized spacial score (nSPS) is 10.8. The van der Waals surface area contributed by atoms with E-state index in [4.69, 9.17) is 11.6 Å². The molecule has 1 aromatic heterocycles. The lowest BCUT2D eigenvalue weighted by atomic mass is 10.1. The molecule has 4 nitrogen and oxygen atoms in total. The fraction of sp³-hybridized carbons (Fsp3) is 0.125. The van der Waals surface area contributed by atoms with Crippen LogP contribution in [0, 0.1) is 13.8 Å². The van der Waals surface area contributed by atoms with Crippen molar-refractivity contribution in [2.45, 2.75) is 13.8 Å². The van der Waals surface area contributed by atoms with Crippen molar-refractivity contribution in [3.05, 3.63) is 58.7 Å². The van der Waals surface area contributed by atoms with Crippen LogP contribution in [-0.4, -0.2) is 15.8 Å². The molecule has 21 heavy (non-hydrogen) atoms. The van der Waals surface area contributed by atoms with Gasteiger partial charge < -0.3 is 5.32 Å². The average molecular weight is 300 g/mol. The van der Waals surface area contributed by atoms with Crippen molar-refractivity contribution in [3.8, 4) is 0 Å². The third kappa shape index (κ3) is 2.38. The molecule has 3 rings (SSSR count). The van der Waals surface area contributed by atoms with Crippen LogP contribution in [0.3, 0.4) is 0 Å². The Hall–Kier alpha value is -2.33. The Kier molecular flexibility index (Phi) is 3.39. The van der Waals surface area contributed by atoms with Crippen LogP contribution in [0.5, 0.6) is 0 Å². The van der Waals surface area contributed by atoms with Crippen molar-refractivity contribution in [1.29, 1.82) is 0 Å². The predicted octanol–water partition coefficient (Wildman–Crippen LogP) is 4.39. The summed E-state index contributed by atoms with van der Waals surface area (Å²) in [4.78, 5) is 12.4. The van der Waals surface area contributed by atoms with Gasteiger partial charge in [-0.1, -0.05) is 29.8 Å². The molecule has 0 aliphatic heterocycles. The van der Waals surface area contributed by atoms with E-state index in [-0.39, 0.29) is 6.03 Å². The minimum absolute atomic E-state index is 0.305. The largest absolute Gasteiger partial charge is 0.347 e. The lowest BCUT2D eigenvalue weighted by molar-refractivity contribution is 0.252. The van der Waals surface area contributed by atoms with E-state index in [0.29, 0.717) is 10.7 Å². The van der Waals surface area contributed by atoms with Crippen LogP contribution in [0.15, 0.2) is 42.6 Å². The van der Waals surface area contributed by atoms with E-state index in [9.17, 15) is 4.79 Å². The average Bonchev–Trinajstić information content (AvgIpc) is 2.89. The molecule has 0 saturated heterocycles. The second kappa shape index (κ2) is 5.22. The van der Waals surface area contributed by atoms with Crippen molar-refractivity contribution < 1.29 is 4.79 Å². The van der Waals surface area contributed by atoms with Gasteiger partial charge in [0.2, 0.25) is 0 Å². The molecular weight excluding hydrogens is 286 g/mol. The number of rotatable bonds is 1. The number of halogens is 1. The Morgan fingerprint density at radius 1 is 1.19 bits per heavy atom. The number of aromatic nitrogens is 2. The summed E-state index contributed by atoms with van der Waals surface area (Å²) in [6.07, 6.45) is 1.70. The molecule has 1 heterocycles. The SMILES string of the molecule is Cc1c(Cl)cccc1NC(=O)n1ncc2c(C)cccc21. The molecule has 0 saturated carbocycles. The molecule has 0 bridgehead atoms. The van der Waals surface area contributed by atoms with Crippen LogP contribution in [0.4, 0.5) is 10.5 Å². The van der Waals surface area contributed by atoms with E-state index in [0.717, 1.165) is 22.0 Å². The first kappa shape index (κ1) is 13.6. The maximum Gasteiger partial charge on any atom is 0.347 e. The molecule has 1 amide bonds. The topological polar surface area (TPSA) is 46.9 Å². The molecule has 106 valence electrons. The lowest BCUT2D eigenvalue weighted by Crippen LogP contribution is -2.21. The Labute approximate surface area is 127 Å². The fourth-order valence-corrected chi connectivity index (χ4v) is 2.44. The predicted molar refractivity (Wildman–Crippen MR) is 85.1 cm³/mol. The standard InChI is InChI=1S/C16H14ClN3O/c1-10-5-3-8-15-12(10)9-18-20(15)16(21)19-14-7-4-6-13(17)11(14)2/h3-9H,1-2H3,(H,19,21). The first-order valence-electron chi connectivity index (χ1n) is 6.58. The van der Waals surface area contributed by atoms with Crippen molar-refractivity contribution in [2.24, 2.45) is 0 Å². The zero-order valence-corrected chi connectivity index (χ0v) is 12.5. The van der Waals surface area contributed by atoms with Gasteiger partial charge in [-0.3, -0.25) is 0 Å². The smallest absolute Gasteiger partial charge is 0.306 e. The fourth-order valence-electron chi connectivity index (χ4n) is 2.27. The Bertz CT molecular complexity index is 839. The molecule has 0 aliphatic rings. The zero-order valence-electron chi connectivity index (χ0n) is 11.7. The second-order valence-electron chi connectivity index (χ2n) is 4.91. The van der Waals surface area contributed by atoms with Gasteiger partial charge in [0.15, 0.2) is 0 Å². The zero-order chi connectivity index (χ0) is 15.0. The maximum absolute atomic E-state index is 12.4. The molecule has 0 atom stereocenters. The van der Waals surface area contributed by atoms with Gasteiger partial charge in [0, 0.05) is 16.1 Å². The minimum atomic E-state index is -0.305. The van der Waals surface area contributed by atoms with Crippen LogP contribution < -0.4 is 5.32 Å². The van der Waals surface area contributed by atoms with Crippen molar-refractivity contribution in [2.75, 3.05) is 5.32 Å². The van der Waals surface area contributed by atoms with Gasteiger partial charge in [-0.05, 0) is 43.2 Å². The molecule has 3 aromatic rings. The second-order valence-corrected chi connectivity index (χ2v) is 5.31. The van der Waals surface area contributed by atoms with Crippen LogP contribution >= 0.6 is 11.6 Å². The number of carbonyl (C=O) groups is 1. The van der Waals surface area contributed by atoms with Crippen LogP contribution in [0.2, 0.25) is 5.02 Å². The Balaban J connectivity index is 1.98. The molecule has 0 aliphatic carbocycles. The molecule has 0 spiro atoms. The highest BCUT2D eigenvalue weighted by molar-refractivity contribution is 6.31. The third-order valence-electron chi connectivity index (χ3n) is 3.53. The summed E-state index contributed by atoms with van der Waals surface area (Å²) in [5, 5.41) is 8.61. The number of nitrogens with zero attached hydrogens (tertiary/aromatic N) is 2. The third-order valence-corrected chi connectivity index (χ3v) is 3.94. The highest BCUT2D eigenvalue weighted by atomic mass is 35.5. The van der Waals surface area contributed by atoms with E-state index in [1.807, 2.05) is 38.1 Å². The van der Waals surface area contributed by atoms with Gasteiger partial charge in [0.1, 0.15) is 0 Å². The summed E-state index contributed by atoms with van der Waals surface area (Å²) in [6, 6.07) is 10.9. The molecule has 0 fully saturated rings. The van der Waals surface area contributed by atoms with E-state index < -0.39 is 0 Å². The summed E-state index contributed by atoms with van der Waals surface area (Å²) in [6.45, 7) is 3.86. The first-order chi connectivity index (χ1) is 10.1. The number of hydrogen-bond donors (Lipinski definition) is 1. The van der Waals surface area contributed by atoms with Crippen LogP contribution in [-0.2, 0) is 0 Å².